The fourth-order valence-electron chi connectivity index (χ4n) is 1.30. The first-order valence-electron chi connectivity index (χ1n) is 4.64. The Morgan fingerprint density at radius 2 is 2.00 bits per heavy atom. The maximum absolute atomic E-state index is 5.68. The summed E-state index contributed by atoms with van der Waals surface area (Å²) >= 11 is 1.61. The molecule has 1 heterocycles. The van der Waals surface area contributed by atoms with E-state index in [0.717, 1.165) is 22.8 Å². The maximum Gasteiger partial charge on any atom is 0.169 e. The van der Waals surface area contributed by atoms with Gasteiger partial charge in [-0.15, -0.1) is 11.3 Å². The van der Waals surface area contributed by atoms with Crippen LogP contribution in [0.4, 0.5) is 0 Å². The van der Waals surface area contributed by atoms with E-state index in [2.05, 4.69) is 0 Å². The lowest BCUT2D eigenvalue weighted by Crippen LogP contribution is -1.89. The van der Waals surface area contributed by atoms with Gasteiger partial charge in [-0.05, 0) is 36.1 Å². The zero-order chi connectivity index (χ0) is 10.7. The predicted molar refractivity (Wildman–Crippen MR) is 62.1 cm³/mol. The first-order chi connectivity index (χ1) is 7.29. The molecule has 0 aliphatic rings. The molecule has 0 amide bonds. The molecule has 78 valence electrons. The van der Waals surface area contributed by atoms with Crippen molar-refractivity contribution in [1.82, 2.24) is 0 Å². The third-order valence-corrected chi connectivity index (χ3v) is 2.70. The molecule has 2 rings (SSSR count). The molecular weight excluding hydrogens is 208 g/mol. The summed E-state index contributed by atoms with van der Waals surface area (Å²) in [5, 5.41) is 3.94. The molecule has 0 fully saturated rings. The highest BCUT2D eigenvalue weighted by atomic mass is 32.1. The molecule has 2 nitrogen and oxygen atoms in total. The van der Waals surface area contributed by atoms with Gasteiger partial charge in [-0.1, -0.05) is 6.07 Å². The van der Waals surface area contributed by atoms with E-state index in [1.165, 1.54) is 0 Å². The highest BCUT2D eigenvalue weighted by Gasteiger charge is 2.05. The van der Waals surface area contributed by atoms with Crippen LogP contribution in [0, 0.1) is 6.92 Å². The fraction of sp³-hybridized carbons (Fsp3) is 0.167. The SMILES string of the molecule is COc1cc(C)ccc1Oc1ccsc1. The molecule has 0 aliphatic carbocycles. The molecule has 0 saturated carbocycles. The van der Waals surface area contributed by atoms with Gasteiger partial charge in [0.2, 0.25) is 0 Å². The Hall–Kier alpha value is -1.48. The molecule has 0 aliphatic heterocycles. The van der Waals surface area contributed by atoms with Crippen molar-refractivity contribution < 1.29 is 9.47 Å². The van der Waals surface area contributed by atoms with Gasteiger partial charge in [-0.3, -0.25) is 0 Å². The van der Waals surface area contributed by atoms with Crippen molar-refractivity contribution in [2.24, 2.45) is 0 Å². The van der Waals surface area contributed by atoms with Crippen LogP contribution in [0.2, 0.25) is 0 Å². The highest BCUT2D eigenvalue weighted by molar-refractivity contribution is 7.08. The Morgan fingerprint density at radius 1 is 1.13 bits per heavy atom. The average Bonchev–Trinajstić information content (AvgIpc) is 2.73. The van der Waals surface area contributed by atoms with Crippen LogP contribution in [-0.2, 0) is 0 Å². The number of thiophene rings is 1. The van der Waals surface area contributed by atoms with E-state index in [1.54, 1.807) is 18.4 Å². The summed E-state index contributed by atoms with van der Waals surface area (Å²) in [7, 11) is 1.65. The normalized spacial score (nSPS) is 10.0. The number of ether oxygens (including phenoxy) is 2. The number of methoxy groups -OCH3 is 1. The zero-order valence-corrected chi connectivity index (χ0v) is 9.51. The van der Waals surface area contributed by atoms with Crippen molar-refractivity contribution in [3.05, 3.63) is 40.6 Å². The molecule has 0 bridgehead atoms. The van der Waals surface area contributed by atoms with Gasteiger partial charge in [-0.25, -0.2) is 0 Å². The summed E-state index contributed by atoms with van der Waals surface area (Å²) in [5.74, 6) is 2.37. The molecule has 0 N–H and O–H groups in total. The van der Waals surface area contributed by atoms with Gasteiger partial charge in [0.15, 0.2) is 11.5 Å². The number of hydrogen-bond donors (Lipinski definition) is 0. The number of hydrogen-bond acceptors (Lipinski definition) is 3. The summed E-state index contributed by atoms with van der Waals surface area (Å²) in [6.45, 7) is 2.02. The molecule has 0 unspecified atom stereocenters. The number of benzene rings is 1. The largest absolute Gasteiger partial charge is 0.493 e. The second-order valence-electron chi connectivity index (χ2n) is 3.22. The second-order valence-corrected chi connectivity index (χ2v) is 4.00. The molecule has 0 radical (unpaired) electrons. The van der Waals surface area contributed by atoms with Crippen molar-refractivity contribution >= 4 is 11.3 Å². The van der Waals surface area contributed by atoms with Gasteiger partial charge in [0.05, 0.1) is 7.11 Å². The van der Waals surface area contributed by atoms with E-state index in [0.29, 0.717) is 0 Å². The summed E-state index contributed by atoms with van der Waals surface area (Å²) in [5.41, 5.74) is 1.16. The zero-order valence-electron chi connectivity index (χ0n) is 8.69. The standard InChI is InChI=1S/C12H12O2S/c1-9-3-4-11(12(7-9)13-2)14-10-5-6-15-8-10/h3-8H,1-2H3. The third kappa shape index (κ3) is 2.30. The van der Waals surface area contributed by atoms with Crippen LogP contribution in [-0.4, -0.2) is 7.11 Å². The van der Waals surface area contributed by atoms with Crippen molar-refractivity contribution in [3.63, 3.8) is 0 Å². The first kappa shape index (κ1) is 10.1. The number of rotatable bonds is 3. The lowest BCUT2D eigenvalue weighted by Gasteiger charge is -2.09. The van der Waals surface area contributed by atoms with E-state index < -0.39 is 0 Å². The Bertz CT molecular complexity index is 435. The minimum absolute atomic E-state index is 0.751. The molecule has 0 spiro atoms. The van der Waals surface area contributed by atoms with Crippen molar-refractivity contribution in [2.45, 2.75) is 6.92 Å². The van der Waals surface area contributed by atoms with Crippen molar-refractivity contribution in [2.75, 3.05) is 7.11 Å². The molecular formula is C12H12O2S. The lowest BCUT2D eigenvalue weighted by atomic mass is 10.2. The van der Waals surface area contributed by atoms with E-state index in [4.69, 9.17) is 9.47 Å². The van der Waals surface area contributed by atoms with Gasteiger partial charge in [0, 0.05) is 5.38 Å². The Labute approximate surface area is 93.1 Å². The Balaban J connectivity index is 2.28. The van der Waals surface area contributed by atoms with E-state index in [1.807, 2.05) is 41.9 Å². The molecule has 0 atom stereocenters. The van der Waals surface area contributed by atoms with Crippen LogP contribution in [0.25, 0.3) is 0 Å². The predicted octanol–water partition coefficient (Wildman–Crippen LogP) is 3.86. The van der Waals surface area contributed by atoms with Crippen molar-refractivity contribution in [1.29, 1.82) is 0 Å². The van der Waals surface area contributed by atoms with E-state index in [9.17, 15) is 0 Å². The fourth-order valence-corrected chi connectivity index (χ4v) is 1.85. The van der Waals surface area contributed by atoms with Gasteiger partial charge < -0.3 is 9.47 Å². The van der Waals surface area contributed by atoms with Crippen LogP contribution in [0.1, 0.15) is 5.56 Å². The molecule has 15 heavy (non-hydrogen) atoms. The molecule has 2 aromatic rings. The van der Waals surface area contributed by atoms with Gasteiger partial charge in [0.25, 0.3) is 0 Å². The molecule has 1 aromatic carbocycles. The third-order valence-electron chi connectivity index (χ3n) is 2.04. The minimum Gasteiger partial charge on any atom is -0.493 e. The van der Waals surface area contributed by atoms with Crippen LogP contribution in [0.5, 0.6) is 17.2 Å². The van der Waals surface area contributed by atoms with Crippen LogP contribution >= 0.6 is 11.3 Å². The van der Waals surface area contributed by atoms with E-state index in [-0.39, 0.29) is 0 Å². The topological polar surface area (TPSA) is 18.5 Å². The second kappa shape index (κ2) is 4.36. The van der Waals surface area contributed by atoms with Crippen LogP contribution < -0.4 is 9.47 Å². The Kier molecular flexibility index (Phi) is 2.92. The molecule has 0 saturated heterocycles. The van der Waals surface area contributed by atoms with Gasteiger partial charge >= 0.3 is 0 Å². The first-order valence-corrected chi connectivity index (χ1v) is 5.58. The molecule has 3 heteroatoms. The smallest absolute Gasteiger partial charge is 0.169 e. The summed E-state index contributed by atoms with van der Waals surface area (Å²) < 4.78 is 10.9. The Morgan fingerprint density at radius 3 is 2.67 bits per heavy atom. The summed E-state index contributed by atoms with van der Waals surface area (Å²) in [6, 6.07) is 7.82. The van der Waals surface area contributed by atoms with Crippen LogP contribution in [0.15, 0.2) is 35.0 Å². The lowest BCUT2D eigenvalue weighted by molar-refractivity contribution is 0.379. The highest BCUT2D eigenvalue weighted by Crippen LogP contribution is 2.32. The van der Waals surface area contributed by atoms with Gasteiger partial charge in [0.1, 0.15) is 5.75 Å². The maximum atomic E-state index is 5.68. The van der Waals surface area contributed by atoms with Gasteiger partial charge in [-0.2, -0.15) is 0 Å². The quantitative estimate of drug-likeness (QED) is 0.782. The number of aryl methyl sites for hydroxylation is 1. The minimum atomic E-state index is 0.751. The summed E-state index contributed by atoms with van der Waals surface area (Å²) in [4.78, 5) is 0. The van der Waals surface area contributed by atoms with Crippen LogP contribution in [0.3, 0.4) is 0 Å². The van der Waals surface area contributed by atoms with Crippen molar-refractivity contribution in [3.8, 4) is 17.2 Å². The van der Waals surface area contributed by atoms with E-state index >= 15 is 0 Å². The summed E-state index contributed by atoms with van der Waals surface area (Å²) in [6.07, 6.45) is 0. The average molecular weight is 220 g/mol. The monoisotopic (exact) mass is 220 g/mol. The molecule has 1 aromatic heterocycles.